The summed E-state index contributed by atoms with van der Waals surface area (Å²) in [4.78, 5) is 27.4. The lowest BCUT2D eigenvalue weighted by molar-refractivity contribution is -0.137. The molecular weight excluding hydrogens is 352 g/mol. The first-order valence-corrected chi connectivity index (χ1v) is 10.2. The van der Waals surface area contributed by atoms with Gasteiger partial charge in [-0.05, 0) is 36.7 Å². The van der Waals surface area contributed by atoms with Crippen molar-refractivity contribution in [1.29, 1.82) is 0 Å². The predicted molar refractivity (Wildman–Crippen MR) is 113 cm³/mol. The summed E-state index contributed by atoms with van der Waals surface area (Å²) in [5.41, 5.74) is 8.29. The van der Waals surface area contributed by atoms with Crippen LogP contribution >= 0.6 is 0 Å². The molecule has 4 N–H and O–H groups in total. The van der Waals surface area contributed by atoms with Crippen LogP contribution in [0.25, 0.3) is 0 Å². The van der Waals surface area contributed by atoms with Crippen LogP contribution in [0.1, 0.15) is 51.7 Å². The Labute approximate surface area is 169 Å². The summed E-state index contributed by atoms with van der Waals surface area (Å²) in [7, 11) is 0. The van der Waals surface area contributed by atoms with Crippen molar-refractivity contribution in [3.63, 3.8) is 0 Å². The average Bonchev–Trinajstić information content (AvgIpc) is 2.62. The number of piperidine rings is 1. The first-order chi connectivity index (χ1) is 13.1. The Kier molecular flexibility index (Phi) is 7.47. The first kappa shape index (κ1) is 22.2. The molecule has 1 saturated heterocycles. The quantitative estimate of drug-likeness (QED) is 0.700. The number of urea groups is 1. The van der Waals surface area contributed by atoms with Crippen molar-refractivity contribution < 1.29 is 9.59 Å². The summed E-state index contributed by atoms with van der Waals surface area (Å²) in [6.07, 6.45) is 1.40. The number of nitrogens with two attached hydrogens (primary N) is 1. The van der Waals surface area contributed by atoms with Gasteiger partial charge in [-0.15, -0.1) is 0 Å². The Morgan fingerprint density at radius 2 is 1.89 bits per heavy atom. The zero-order chi connectivity index (χ0) is 20.9. The highest BCUT2D eigenvalue weighted by atomic mass is 16.2. The van der Waals surface area contributed by atoms with E-state index < -0.39 is 6.04 Å². The van der Waals surface area contributed by atoms with Crippen LogP contribution in [0.2, 0.25) is 0 Å². The van der Waals surface area contributed by atoms with Crippen LogP contribution in [0.3, 0.4) is 0 Å². The molecule has 156 valence electrons. The molecule has 28 heavy (non-hydrogen) atoms. The summed E-state index contributed by atoms with van der Waals surface area (Å²) in [5, 5.41) is 5.76. The Hall–Kier alpha value is -2.08. The second-order valence-electron chi connectivity index (χ2n) is 9.14. The molecule has 1 aromatic carbocycles. The van der Waals surface area contributed by atoms with Crippen LogP contribution in [-0.2, 0) is 11.3 Å². The van der Waals surface area contributed by atoms with Crippen molar-refractivity contribution in [2.75, 3.05) is 13.1 Å². The molecule has 1 fully saturated rings. The number of amides is 3. The number of benzene rings is 1. The molecule has 3 amide bonds. The molecule has 2 atom stereocenters. The van der Waals surface area contributed by atoms with E-state index in [4.69, 9.17) is 5.73 Å². The van der Waals surface area contributed by atoms with E-state index in [1.807, 2.05) is 36.1 Å². The topological polar surface area (TPSA) is 87.5 Å². The summed E-state index contributed by atoms with van der Waals surface area (Å²) in [6.45, 7) is 12.0. The smallest absolute Gasteiger partial charge is 0.315 e. The highest BCUT2D eigenvalue weighted by Gasteiger charge is 2.37. The van der Waals surface area contributed by atoms with E-state index in [1.165, 1.54) is 5.56 Å². The Morgan fingerprint density at radius 1 is 1.25 bits per heavy atom. The molecule has 2 rings (SSSR count). The van der Waals surface area contributed by atoms with Gasteiger partial charge >= 0.3 is 6.03 Å². The van der Waals surface area contributed by atoms with Crippen LogP contribution in [0.5, 0.6) is 0 Å². The normalized spacial score (nSPS) is 20.0. The summed E-state index contributed by atoms with van der Waals surface area (Å²) in [5.74, 6) is 0.283. The van der Waals surface area contributed by atoms with Crippen molar-refractivity contribution in [3.05, 3.63) is 35.4 Å². The zero-order valence-corrected chi connectivity index (χ0v) is 17.9. The van der Waals surface area contributed by atoms with Gasteiger partial charge in [-0.2, -0.15) is 0 Å². The van der Waals surface area contributed by atoms with Gasteiger partial charge in [0.15, 0.2) is 0 Å². The highest BCUT2D eigenvalue weighted by molar-refractivity contribution is 5.87. The fourth-order valence-electron chi connectivity index (χ4n) is 3.57. The molecule has 0 aliphatic carbocycles. The van der Waals surface area contributed by atoms with Gasteiger partial charge in [0.1, 0.15) is 6.04 Å². The molecule has 0 aromatic heterocycles. The van der Waals surface area contributed by atoms with Crippen molar-refractivity contribution >= 4 is 11.9 Å². The number of likely N-dealkylation sites (tertiary alicyclic amines) is 1. The van der Waals surface area contributed by atoms with Gasteiger partial charge in [0.05, 0.1) is 0 Å². The minimum absolute atomic E-state index is 0.0147. The van der Waals surface area contributed by atoms with Crippen LogP contribution in [0.15, 0.2) is 24.3 Å². The van der Waals surface area contributed by atoms with Gasteiger partial charge < -0.3 is 21.3 Å². The molecule has 0 bridgehead atoms. The number of hydrogen-bond acceptors (Lipinski definition) is 3. The lowest BCUT2D eigenvalue weighted by Crippen LogP contribution is -2.58. The maximum Gasteiger partial charge on any atom is 0.315 e. The van der Waals surface area contributed by atoms with E-state index in [-0.39, 0.29) is 23.4 Å². The molecule has 1 aliphatic rings. The SMILES string of the molecule is Cc1ccc(CNC(=O)NC(CC(C)C)C(=O)N2CCC(N)C(C)(C)C2)cc1. The molecule has 0 saturated carbocycles. The van der Waals surface area contributed by atoms with Crippen LogP contribution in [-0.4, -0.2) is 42.0 Å². The van der Waals surface area contributed by atoms with E-state index in [2.05, 4.69) is 38.3 Å². The van der Waals surface area contributed by atoms with Gasteiger partial charge in [0, 0.05) is 25.7 Å². The van der Waals surface area contributed by atoms with Crippen molar-refractivity contribution in [1.82, 2.24) is 15.5 Å². The fourth-order valence-corrected chi connectivity index (χ4v) is 3.57. The second-order valence-corrected chi connectivity index (χ2v) is 9.14. The van der Waals surface area contributed by atoms with Crippen molar-refractivity contribution in [3.8, 4) is 0 Å². The second kappa shape index (κ2) is 9.41. The lowest BCUT2D eigenvalue weighted by Gasteiger charge is -2.43. The lowest BCUT2D eigenvalue weighted by atomic mass is 9.79. The molecule has 1 aromatic rings. The van der Waals surface area contributed by atoms with Gasteiger partial charge in [-0.3, -0.25) is 4.79 Å². The zero-order valence-electron chi connectivity index (χ0n) is 17.9. The number of nitrogens with zero attached hydrogens (tertiary/aromatic N) is 1. The van der Waals surface area contributed by atoms with E-state index in [9.17, 15) is 9.59 Å². The summed E-state index contributed by atoms with van der Waals surface area (Å²) in [6, 6.07) is 7.27. The van der Waals surface area contributed by atoms with E-state index in [0.29, 0.717) is 32.0 Å². The number of aryl methyl sites for hydroxylation is 1. The molecule has 0 spiro atoms. The Bertz CT molecular complexity index is 670. The van der Waals surface area contributed by atoms with Gasteiger partial charge in [-0.1, -0.05) is 57.5 Å². The molecule has 1 heterocycles. The predicted octanol–water partition coefficient (Wildman–Crippen LogP) is 2.79. The molecule has 1 aliphatic heterocycles. The van der Waals surface area contributed by atoms with Crippen molar-refractivity contribution in [2.24, 2.45) is 17.1 Å². The maximum absolute atomic E-state index is 13.1. The van der Waals surface area contributed by atoms with Gasteiger partial charge in [0.2, 0.25) is 5.91 Å². The van der Waals surface area contributed by atoms with Crippen LogP contribution in [0, 0.1) is 18.3 Å². The monoisotopic (exact) mass is 388 g/mol. The number of rotatable bonds is 6. The summed E-state index contributed by atoms with van der Waals surface area (Å²) < 4.78 is 0. The fraction of sp³-hybridized carbons (Fsp3) is 0.636. The summed E-state index contributed by atoms with van der Waals surface area (Å²) >= 11 is 0. The van der Waals surface area contributed by atoms with Gasteiger partial charge in [0.25, 0.3) is 0 Å². The molecular formula is C22H36N4O2. The van der Waals surface area contributed by atoms with Crippen LogP contribution < -0.4 is 16.4 Å². The van der Waals surface area contributed by atoms with Gasteiger partial charge in [-0.25, -0.2) is 4.79 Å². The average molecular weight is 389 g/mol. The number of carbonyl (C=O) groups is 2. The molecule has 0 radical (unpaired) electrons. The molecule has 6 nitrogen and oxygen atoms in total. The van der Waals surface area contributed by atoms with Crippen molar-refractivity contribution in [2.45, 2.75) is 66.1 Å². The number of carbonyl (C=O) groups excluding carboxylic acids is 2. The molecule has 2 unspecified atom stereocenters. The highest BCUT2D eigenvalue weighted by Crippen LogP contribution is 2.28. The number of nitrogens with one attached hydrogen (secondary N) is 2. The standard InChI is InChI=1S/C22H36N4O2/c1-15(2)12-18(20(27)26-11-10-19(23)22(4,5)14-26)25-21(28)24-13-17-8-6-16(3)7-9-17/h6-9,15,18-19H,10-14,23H2,1-5H3,(H2,24,25,28). The third-order valence-electron chi connectivity index (χ3n) is 5.51. The van der Waals surface area contributed by atoms with Crippen LogP contribution in [0.4, 0.5) is 4.79 Å². The third-order valence-corrected chi connectivity index (χ3v) is 5.51. The Balaban J connectivity index is 1.97. The number of hydrogen-bond donors (Lipinski definition) is 3. The van der Waals surface area contributed by atoms with E-state index >= 15 is 0 Å². The van der Waals surface area contributed by atoms with E-state index in [0.717, 1.165) is 12.0 Å². The third kappa shape index (κ3) is 6.23. The first-order valence-electron chi connectivity index (χ1n) is 10.2. The maximum atomic E-state index is 13.1. The minimum atomic E-state index is -0.525. The Morgan fingerprint density at radius 3 is 2.46 bits per heavy atom. The van der Waals surface area contributed by atoms with E-state index in [1.54, 1.807) is 0 Å². The minimum Gasteiger partial charge on any atom is -0.340 e. The largest absolute Gasteiger partial charge is 0.340 e. The molecule has 6 heteroatoms.